The third-order valence-corrected chi connectivity index (χ3v) is 2.03. The van der Waals surface area contributed by atoms with Gasteiger partial charge in [0.2, 0.25) is 5.28 Å². The molecule has 1 rings (SSSR count). The number of nitrogens with zero attached hydrogens (tertiary/aromatic N) is 2. The normalized spacial score (nSPS) is 9.88. The van der Waals surface area contributed by atoms with Crippen LogP contribution in [0, 0.1) is 0 Å². The summed E-state index contributed by atoms with van der Waals surface area (Å²) in [6.45, 7) is 0.763. The van der Waals surface area contributed by atoms with Gasteiger partial charge in [-0.15, -0.1) is 0 Å². The van der Waals surface area contributed by atoms with Gasteiger partial charge in [-0.3, -0.25) is 0 Å². The van der Waals surface area contributed by atoms with Crippen LogP contribution in [-0.4, -0.2) is 29.2 Å². The zero-order valence-corrected chi connectivity index (χ0v) is 9.75. The Kier molecular flexibility index (Phi) is 5.07. The number of rotatable bonds is 5. The number of hydrogen-bond donors (Lipinski definition) is 2. The molecule has 0 spiro atoms. The lowest BCUT2D eigenvalue weighted by Gasteiger charge is -2.06. The van der Waals surface area contributed by atoms with Gasteiger partial charge in [0, 0.05) is 6.54 Å². The largest absolute Gasteiger partial charge is 0.450 e. The molecule has 0 bridgehead atoms. The van der Waals surface area contributed by atoms with Crippen molar-refractivity contribution in [3.8, 4) is 0 Å². The Balaban J connectivity index is 2.31. The number of carbonyl (C=O) groups excluding carboxylic acids is 1. The van der Waals surface area contributed by atoms with Crippen molar-refractivity contribution in [2.45, 2.75) is 6.42 Å². The maximum atomic E-state index is 10.3. The quantitative estimate of drug-likeness (QED) is 0.624. The van der Waals surface area contributed by atoms with E-state index in [1.54, 1.807) is 0 Å². The van der Waals surface area contributed by atoms with Crippen LogP contribution in [0.5, 0.6) is 0 Å². The van der Waals surface area contributed by atoms with E-state index in [0.717, 1.165) is 0 Å². The van der Waals surface area contributed by atoms with E-state index in [1.807, 2.05) is 0 Å². The Morgan fingerprint density at radius 2 is 2.31 bits per heavy atom. The van der Waals surface area contributed by atoms with Crippen molar-refractivity contribution >= 4 is 35.1 Å². The summed E-state index contributed by atoms with van der Waals surface area (Å²) in [4.78, 5) is 17.8. The van der Waals surface area contributed by atoms with Gasteiger partial charge in [0.05, 0.1) is 12.8 Å². The molecule has 0 aliphatic rings. The second kappa shape index (κ2) is 6.34. The molecule has 0 saturated carbocycles. The molecule has 88 valence electrons. The SMILES string of the molecule is NC(=O)OCCCNc1nc(Cl)ncc1Cl. The van der Waals surface area contributed by atoms with Crippen LogP contribution in [-0.2, 0) is 4.74 Å². The van der Waals surface area contributed by atoms with Gasteiger partial charge in [0.15, 0.2) is 0 Å². The van der Waals surface area contributed by atoms with Crippen molar-refractivity contribution in [1.82, 2.24) is 9.97 Å². The first-order chi connectivity index (χ1) is 7.59. The number of aromatic nitrogens is 2. The predicted molar refractivity (Wildman–Crippen MR) is 60.7 cm³/mol. The van der Waals surface area contributed by atoms with E-state index >= 15 is 0 Å². The Bertz CT molecular complexity index is 375. The van der Waals surface area contributed by atoms with Gasteiger partial charge in [-0.25, -0.2) is 9.78 Å². The lowest BCUT2D eigenvalue weighted by molar-refractivity contribution is 0.156. The molecule has 0 atom stereocenters. The van der Waals surface area contributed by atoms with Crippen LogP contribution < -0.4 is 11.1 Å². The Hall–Kier alpha value is -1.27. The predicted octanol–water partition coefficient (Wildman–Crippen LogP) is 1.68. The maximum Gasteiger partial charge on any atom is 0.404 e. The highest BCUT2D eigenvalue weighted by Gasteiger charge is 2.03. The van der Waals surface area contributed by atoms with Gasteiger partial charge in [-0.1, -0.05) is 11.6 Å². The molecule has 1 amide bonds. The van der Waals surface area contributed by atoms with Crippen molar-refractivity contribution < 1.29 is 9.53 Å². The number of anilines is 1. The van der Waals surface area contributed by atoms with E-state index in [0.29, 0.717) is 23.8 Å². The van der Waals surface area contributed by atoms with Crippen molar-refractivity contribution in [2.75, 3.05) is 18.5 Å². The molecule has 0 fully saturated rings. The summed E-state index contributed by atoms with van der Waals surface area (Å²) in [5.41, 5.74) is 4.79. The van der Waals surface area contributed by atoms with Crippen molar-refractivity contribution in [3.05, 3.63) is 16.5 Å². The Labute approximate surface area is 102 Å². The molecule has 0 unspecified atom stereocenters. The summed E-state index contributed by atoms with van der Waals surface area (Å²) < 4.78 is 4.54. The Morgan fingerprint density at radius 3 is 3.00 bits per heavy atom. The van der Waals surface area contributed by atoms with E-state index in [-0.39, 0.29) is 11.9 Å². The summed E-state index contributed by atoms with van der Waals surface area (Å²) in [6, 6.07) is 0. The molecule has 0 aromatic carbocycles. The number of hydrogen-bond acceptors (Lipinski definition) is 5. The number of nitrogens with one attached hydrogen (secondary N) is 1. The lowest BCUT2D eigenvalue weighted by atomic mass is 10.4. The zero-order chi connectivity index (χ0) is 12.0. The summed E-state index contributed by atoms with van der Waals surface area (Å²) in [6.07, 6.45) is 1.20. The highest BCUT2D eigenvalue weighted by molar-refractivity contribution is 6.33. The number of primary amides is 1. The van der Waals surface area contributed by atoms with Gasteiger partial charge in [-0.05, 0) is 18.0 Å². The van der Waals surface area contributed by atoms with Crippen LogP contribution in [0.2, 0.25) is 10.3 Å². The Morgan fingerprint density at radius 1 is 1.56 bits per heavy atom. The molecule has 0 aliphatic heterocycles. The molecule has 0 saturated heterocycles. The standard InChI is InChI=1S/C8H10Cl2N4O2/c9-5-4-13-7(10)14-6(5)12-2-1-3-16-8(11)15/h4H,1-3H2,(H2,11,15)(H,12,13,14). The maximum absolute atomic E-state index is 10.3. The average molecular weight is 265 g/mol. The molecule has 1 heterocycles. The molecule has 1 aromatic rings. The second-order valence-electron chi connectivity index (χ2n) is 2.78. The van der Waals surface area contributed by atoms with E-state index in [2.05, 4.69) is 20.0 Å². The van der Waals surface area contributed by atoms with Gasteiger partial charge >= 0.3 is 6.09 Å². The first kappa shape index (κ1) is 12.8. The third kappa shape index (κ3) is 4.50. The van der Waals surface area contributed by atoms with Crippen LogP contribution in [0.3, 0.4) is 0 Å². The zero-order valence-electron chi connectivity index (χ0n) is 8.24. The summed E-state index contributed by atoms with van der Waals surface area (Å²) >= 11 is 11.4. The van der Waals surface area contributed by atoms with E-state index in [1.165, 1.54) is 6.20 Å². The molecule has 8 heteroatoms. The smallest absolute Gasteiger partial charge is 0.404 e. The third-order valence-electron chi connectivity index (χ3n) is 1.57. The van der Waals surface area contributed by atoms with Gasteiger partial charge in [-0.2, -0.15) is 4.98 Å². The van der Waals surface area contributed by atoms with Crippen LogP contribution in [0.4, 0.5) is 10.6 Å². The molecular formula is C8H10Cl2N4O2. The first-order valence-corrected chi connectivity index (χ1v) is 5.19. The van der Waals surface area contributed by atoms with Gasteiger partial charge in [0.1, 0.15) is 10.8 Å². The second-order valence-corrected chi connectivity index (χ2v) is 3.53. The highest BCUT2D eigenvalue weighted by Crippen LogP contribution is 2.18. The summed E-state index contributed by atoms with van der Waals surface area (Å²) in [5, 5.41) is 3.41. The number of nitrogens with two attached hydrogens (primary N) is 1. The fourth-order valence-corrected chi connectivity index (χ4v) is 1.21. The number of carbonyl (C=O) groups is 1. The fraction of sp³-hybridized carbons (Fsp3) is 0.375. The molecule has 3 N–H and O–H groups in total. The van der Waals surface area contributed by atoms with Crippen LogP contribution >= 0.6 is 23.2 Å². The topological polar surface area (TPSA) is 90.1 Å². The number of halogens is 2. The van der Waals surface area contributed by atoms with E-state index in [9.17, 15) is 4.79 Å². The fourth-order valence-electron chi connectivity index (χ4n) is 0.921. The van der Waals surface area contributed by atoms with E-state index in [4.69, 9.17) is 28.9 Å². The summed E-state index contributed by atoms with van der Waals surface area (Å²) in [5.74, 6) is 0.445. The van der Waals surface area contributed by atoms with Crippen LogP contribution in [0.15, 0.2) is 6.20 Å². The minimum atomic E-state index is -0.789. The van der Waals surface area contributed by atoms with Crippen molar-refractivity contribution in [2.24, 2.45) is 5.73 Å². The van der Waals surface area contributed by atoms with Crippen molar-refractivity contribution in [3.63, 3.8) is 0 Å². The minimum Gasteiger partial charge on any atom is -0.450 e. The molecule has 6 nitrogen and oxygen atoms in total. The number of amides is 1. The average Bonchev–Trinajstić information content (AvgIpc) is 2.22. The molecule has 16 heavy (non-hydrogen) atoms. The monoisotopic (exact) mass is 264 g/mol. The minimum absolute atomic E-state index is 0.111. The first-order valence-electron chi connectivity index (χ1n) is 4.43. The van der Waals surface area contributed by atoms with Gasteiger partial charge < -0.3 is 15.8 Å². The van der Waals surface area contributed by atoms with Crippen molar-refractivity contribution in [1.29, 1.82) is 0 Å². The van der Waals surface area contributed by atoms with Gasteiger partial charge in [0.25, 0.3) is 0 Å². The van der Waals surface area contributed by atoms with E-state index < -0.39 is 6.09 Å². The van der Waals surface area contributed by atoms with Crippen LogP contribution in [0.1, 0.15) is 6.42 Å². The molecular weight excluding hydrogens is 255 g/mol. The number of ether oxygens (including phenoxy) is 1. The van der Waals surface area contributed by atoms with Crippen LogP contribution in [0.25, 0.3) is 0 Å². The lowest BCUT2D eigenvalue weighted by Crippen LogP contribution is -2.15. The summed E-state index contributed by atoms with van der Waals surface area (Å²) in [7, 11) is 0. The highest BCUT2D eigenvalue weighted by atomic mass is 35.5. The molecule has 0 radical (unpaired) electrons. The molecule has 1 aromatic heterocycles. The molecule has 0 aliphatic carbocycles.